The molecule has 0 aliphatic heterocycles. The van der Waals surface area contributed by atoms with Crippen LogP contribution in [0.3, 0.4) is 0 Å². The molecule has 2 N–H and O–H groups in total. The molecule has 124 valence electrons. The minimum atomic E-state index is -0.207. The number of methoxy groups -OCH3 is 2. The molecule has 0 aliphatic carbocycles. The van der Waals surface area contributed by atoms with E-state index in [0.717, 1.165) is 16.9 Å². The molecule has 0 spiro atoms. The van der Waals surface area contributed by atoms with Crippen LogP contribution in [0.25, 0.3) is 11.0 Å². The first-order chi connectivity index (χ1) is 11.7. The first kappa shape index (κ1) is 15.9. The van der Waals surface area contributed by atoms with Crippen LogP contribution in [0.2, 0.25) is 0 Å². The Hall–Kier alpha value is -3.02. The van der Waals surface area contributed by atoms with Gasteiger partial charge in [-0.25, -0.2) is 4.98 Å². The van der Waals surface area contributed by atoms with Crippen molar-refractivity contribution in [2.24, 2.45) is 0 Å². The Morgan fingerprint density at radius 3 is 2.71 bits per heavy atom. The molecule has 1 aromatic heterocycles. The lowest BCUT2D eigenvalue weighted by Crippen LogP contribution is -2.26. The van der Waals surface area contributed by atoms with Crippen molar-refractivity contribution in [3.63, 3.8) is 0 Å². The highest BCUT2D eigenvalue weighted by molar-refractivity contribution is 5.97. The fraction of sp³-hybridized carbons (Fsp3) is 0.222. The number of imidazole rings is 1. The number of aromatic amines is 1. The molecule has 2 aromatic carbocycles. The number of nitrogens with one attached hydrogen (secondary N) is 2. The van der Waals surface area contributed by atoms with Gasteiger partial charge in [-0.1, -0.05) is 18.2 Å². The lowest BCUT2D eigenvalue weighted by Gasteiger charge is -2.12. The molecule has 0 unspecified atom stereocenters. The van der Waals surface area contributed by atoms with Gasteiger partial charge in [0, 0.05) is 13.0 Å². The SMILES string of the molecule is COc1cccc(C(=O)NCCc2nc3ccccc3[nH]2)c1OC. The van der Waals surface area contributed by atoms with E-state index in [1.165, 1.54) is 7.11 Å². The Kier molecular flexibility index (Phi) is 4.65. The largest absolute Gasteiger partial charge is 0.493 e. The molecule has 3 rings (SSSR count). The average Bonchev–Trinajstić information content (AvgIpc) is 3.03. The number of fused-ring (bicyclic) bond motifs is 1. The summed E-state index contributed by atoms with van der Waals surface area (Å²) in [5.74, 6) is 1.60. The van der Waals surface area contributed by atoms with E-state index in [1.54, 1.807) is 25.3 Å². The fourth-order valence-corrected chi connectivity index (χ4v) is 2.58. The van der Waals surface area contributed by atoms with Crippen molar-refractivity contribution in [2.45, 2.75) is 6.42 Å². The van der Waals surface area contributed by atoms with Crippen LogP contribution in [-0.4, -0.2) is 36.6 Å². The van der Waals surface area contributed by atoms with Crippen LogP contribution in [0.4, 0.5) is 0 Å². The lowest BCUT2D eigenvalue weighted by atomic mass is 10.1. The zero-order valence-electron chi connectivity index (χ0n) is 13.6. The van der Waals surface area contributed by atoms with Gasteiger partial charge in [0.2, 0.25) is 0 Å². The third-order valence-corrected chi connectivity index (χ3v) is 3.73. The van der Waals surface area contributed by atoms with Crippen molar-refractivity contribution < 1.29 is 14.3 Å². The number of aromatic nitrogens is 2. The second kappa shape index (κ2) is 7.04. The van der Waals surface area contributed by atoms with Gasteiger partial charge in [0.15, 0.2) is 11.5 Å². The number of H-pyrrole nitrogens is 1. The molecule has 0 saturated heterocycles. The van der Waals surface area contributed by atoms with E-state index >= 15 is 0 Å². The van der Waals surface area contributed by atoms with E-state index in [-0.39, 0.29) is 5.91 Å². The maximum Gasteiger partial charge on any atom is 0.255 e. The highest BCUT2D eigenvalue weighted by atomic mass is 16.5. The third-order valence-electron chi connectivity index (χ3n) is 3.73. The number of carbonyl (C=O) groups is 1. The Morgan fingerprint density at radius 1 is 1.12 bits per heavy atom. The molecule has 6 nitrogen and oxygen atoms in total. The van der Waals surface area contributed by atoms with Gasteiger partial charge < -0.3 is 19.8 Å². The molecule has 1 amide bonds. The maximum absolute atomic E-state index is 12.4. The Balaban J connectivity index is 1.65. The smallest absolute Gasteiger partial charge is 0.255 e. The van der Waals surface area contributed by atoms with Crippen LogP contribution >= 0.6 is 0 Å². The van der Waals surface area contributed by atoms with Crippen LogP contribution in [0.15, 0.2) is 42.5 Å². The summed E-state index contributed by atoms with van der Waals surface area (Å²) < 4.78 is 10.5. The predicted molar refractivity (Wildman–Crippen MR) is 91.7 cm³/mol. The number of ether oxygens (including phenoxy) is 2. The maximum atomic E-state index is 12.4. The predicted octanol–water partition coefficient (Wildman–Crippen LogP) is 2.55. The molecule has 0 fully saturated rings. The van der Waals surface area contributed by atoms with Gasteiger partial charge >= 0.3 is 0 Å². The third kappa shape index (κ3) is 3.17. The number of hydrogen-bond donors (Lipinski definition) is 2. The Morgan fingerprint density at radius 2 is 1.96 bits per heavy atom. The van der Waals surface area contributed by atoms with Crippen LogP contribution in [0.5, 0.6) is 11.5 Å². The summed E-state index contributed by atoms with van der Waals surface area (Å²) in [6.07, 6.45) is 0.618. The molecular formula is C18H19N3O3. The summed E-state index contributed by atoms with van der Waals surface area (Å²) in [6.45, 7) is 0.471. The summed E-state index contributed by atoms with van der Waals surface area (Å²) in [5, 5.41) is 2.88. The quantitative estimate of drug-likeness (QED) is 0.730. The van der Waals surface area contributed by atoms with E-state index in [0.29, 0.717) is 30.0 Å². The van der Waals surface area contributed by atoms with E-state index in [4.69, 9.17) is 9.47 Å². The number of hydrogen-bond acceptors (Lipinski definition) is 4. The van der Waals surface area contributed by atoms with E-state index in [9.17, 15) is 4.79 Å². The highest BCUT2D eigenvalue weighted by Crippen LogP contribution is 2.30. The van der Waals surface area contributed by atoms with Crippen molar-refractivity contribution in [1.82, 2.24) is 15.3 Å². The molecular weight excluding hydrogens is 306 g/mol. The summed E-state index contributed by atoms with van der Waals surface area (Å²) in [6, 6.07) is 13.1. The zero-order chi connectivity index (χ0) is 16.9. The number of para-hydroxylation sites is 3. The standard InChI is InChI=1S/C18H19N3O3/c1-23-15-9-5-6-12(17(15)24-2)18(22)19-11-10-16-20-13-7-3-4-8-14(13)21-16/h3-9H,10-11H2,1-2H3,(H,19,22)(H,20,21). The average molecular weight is 325 g/mol. The van der Waals surface area contributed by atoms with E-state index < -0.39 is 0 Å². The summed E-state index contributed by atoms with van der Waals surface area (Å²) in [7, 11) is 3.06. The Bertz CT molecular complexity index is 825. The molecule has 3 aromatic rings. The van der Waals surface area contributed by atoms with Crippen LogP contribution in [-0.2, 0) is 6.42 Å². The minimum Gasteiger partial charge on any atom is -0.493 e. The van der Waals surface area contributed by atoms with Crippen molar-refractivity contribution in [3.05, 3.63) is 53.9 Å². The molecule has 0 bridgehead atoms. The first-order valence-electron chi connectivity index (χ1n) is 7.65. The second-order valence-electron chi connectivity index (χ2n) is 5.25. The summed E-state index contributed by atoms with van der Waals surface area (Å²) >= 11 is 0. The molecule has 0 aliphatic rings. The fourth-order valence-electron chi connectivity index (χ4n) is 2.58. The first-order valence-corrected chi connectivity index (χ1v) is 7.65. The highest BCUT2D eigenvalue weighted by Gasteiger charge is 2.16. The topological polar surface area (TPSA) is 76.2 Å². The van der Waals surface area contributed by atoms with Gasteiger partial charge in [-0.15, -0.1) is 0 Å². The number of benzene rings is 2. The van der Waals surface area contributed by atoms with Gasteiger partial charge in [-0.2, -0.15) is 0 Å². The van der Waals surface area contributed by atoms with Gasteiger partial charge in [0.1, 0.15) is 5.82 Å². The molecule has 1 heterocycles. The molecule has 24 heavy (non-hydrogen) atoms. The van der Waals surface area contributed by atoms with Crippen LogP contribution in [0, 0.1) is 0 Å². The van der Waals surface area contributed by atoms with Gasteiger partial charge in [0.25, 0.3) is 5.91 Å². The summed E-state index contributed by atoms with van der Waals surface area (Å²) in [5.41, 5.74) is 2.36. The Labute approximate surface area is 139 Å². The number of nitrogens with zero attached hydrogens (tertiary/aromatic N) is 1. The monoisotopic (exact) mass is 325 g/mol. The van der Waals surface area contributed by atoms with Crippen molar-refractivity contribution in [1.29, 1.82) is 0 Å². The number of amides is 1. The molecule has 0 radical (unpaired) electrons. The van der Waals surface area contributed by atoms with Crippen molar-refractivity contribution >= 4 is 16.9 Å². The minimum absolute atomic E-state index is 0.207. The van der Waals surface area contributed by atoms with Crippen molar-refractivity contribution in [3.8, 4) is 11.5 Å². The lowest BCUT2D eigenvalue weighted by molar-refractivity contribution is 0.0950. The van der Waals surface area contributed by atoms with E-state index in [1.807, 2.05) is 24.3 Å². The second-order valence-corrected chi connectivity index (χ2v) is 5.25. The van der Waals surface area contributed by atoms with Crippen LogP contribution < -0.4 is 14.8 Å². The number of carbonyl (C=O) groups excluding carboxylic acids is 1. The normalized spacial score (nSPS) is 10.6. The molecule has 0 saturated carbocycles. The van der Waals surface area contributed by atoms with Crippen LogP contribution in [0.1, 0.15) is 16.2 Å². The van der Waals surface area contributed by atoms with Gasteiger partial charge in [-0.05, 0) is 24.3 Å². The molecule has 6 heteroatoms. The summed E-state index contributed by atoms with van der Waals surface area (Å²) in [4.78, 5) is 20.1. The van der Waals surface area contributed by atoms with Crippen molar-refractivity contribution in [2.75, 3.05) is 20.8 Å². The number of rotatable bonds is 6. The van der Waals surface area contributed by atoms with Gasteiger partial charge in [-0.3, -0.25) is 4.79 Å². The zero-order valence-corrected chi connectivity index (χ0v) is 13.6. The van der Waals surface area contributed by atoms with E-state index in [2.05, 4.69) is 15.3 Å². The van der Waals surface area contributed by atoms with Gasteiger partial charge in [0.05, 0.1) is 30.8 Å². The molecule has 0 atom stereocenters.